The normalized spacial score (nSPS) is 12.9. The highest BCUT2D eigenvalue weighted by molar-refractivity contribution is 5.71. The Morgan fingerprint density at radius 1 is 0.284 bits per heavy atom. The molecule has 74 heavy (non-hydrogen) atoms. The molecule has 0 aromatic carbocycles. The van der Waals surface area contributed by atoms with Crippen LogP contribution >= 0.6 is 0 Å². The van der Waals surface area contributed by atoms with Crippen molar-refractivity contribution in [2.75, 3.05) is 13.2 Å². The highest BCUT2D eigenvalue weighted by Gasteiger charge is 2.19. The first-order valence-corrected chi connectivity index (χ1v) is 31.0. The van der Waals surface area contributed by atoms with Crippen LogP contribution in [0.5, 0.6) is 0 Å². The first-order valence-electron chi connectivity index (χ1n) is 31.0. The number of ether oxygens (including phenoxy) is 3. The van der Waals surface area contributed by atoms with Gasteiger partial charge in [0.25, 0.3) is 0 Å². The molecule has 0 fully saturated rings. The van der Waals surface area contributed by atoms with Crippen molar-refractivity contribution in [2.45, 2.75) is 290 Å². The minimum Gasteiger partial charge on any atom is -0.462 e. The van der Waals surface area contributed by atoms with Gasteiger partial charge in [-0.15, -0.1) is 0 Å². The molecule has 1 atom stereocenters. The van der Waals surface area contributed by atoms with E-state index in [4.69, 9.17) is 14.2 Å². The Morgan fingerprint density at radius 2 is 0.541 bits per heavy atom. The Morgan fingerprint density at radius 3 is 0.878 bits per heavy atom. The van der Waals surface area contributed by atoms with E-state index in [9.17, 15) is 14.4 Å². The van der Waals surface area contributed by atoms with Crippen LogP contribution < -0.4 is 0 Å². The molecule has 0 radical (unpaired) electrons. The summed E-state index contributed by atoms with van der Waals surface area (Å²) >= 11 is 0. The Labute approximate surface area is 457 Å². The highest BCUT2D eigenvalue weighted by Crippen LogP contribution is 2.15. The van der Waals surface area contributed by atoms with Gasteiger partial charge in [0, 0.05) is 19.3 Å². The maximum Gasteiger partial charge on any atom is 0.306 e. The van der Waals surface area contributed by atoms with Gasteiger partial charge in [-0.1, -0.05) is 284 Å². The lowest BCUT2D eigenvalue weighted by atomic mass is 10.1. The van der Waals surface area contributed by atoms with Crippen molar-refractivity contribution in [1.82, 2.24) is 0 Å². The first kappa shape index (κ1) is 70.1. The van der Waals surface area contributed by atoms with E-state index in [0.717, 1.165) is 77.0 Å². The zero-order valence-electron chi connectivity index (χ0n) is 48.3. The Balaban J connectivity index is 4.50. The van der Waals surface area contributed by atoms with Crippen LogP contribution in [0, 0.1) is 0 Å². The van der Waals surface area contributed by atoms with Crippen LogP contribution in [0.3, 0.4) is 0 Å². The molecule has 0 aliphatic carbocycles. The van der Waals surface area contributed by atoms with Gasteiger partial charge < -0.3 is 14.2 Å². The van der Waals surface area contributed by atoms with Crippen molar-refractivity contribution in [3.05, 3.63) is 109 Å². The van der Waals surface area contributed by atoms with Crippen LogP contribution in [0.1, 0.15) is 284 Å². The van der Waals surface area contributed by atoms with E-state index in [1.165, 1.54) is 167 Å². The van der Waals surface area contributed by atoms with Gasteiger partial charge in [-0.05, 0) is 89.9 Å². The van der Waals surface area contributed by atoms with E-state index in [-0.39, 0.29) is 31.1 Å². The minimum absolute atomic E-state index is 0.0997. The smallest absolute Gasteiger partial charge is 0.306 e. The molecular weight excluding hydrogens is 913 g/mol. The van der Waals surface area contributed by atoms with Crippen LogP contribution in [-0.4, -0.2) is 37.2 Å². The monoisotopic (exact) mass is 1030 g/mol. The predicted molar refractivity (Wildman–Crippen MR) is 320 cm³/mol. The summed E-state index contributed by atoms with van der Waals surface area (Å²) in [4.78, 5) is 38.3. The lowest BCUT2D eigenvalue weighted by molar-refractivity contribution is -0.167. The van der Waals surface area contributed by atoms with Crippen LogP contribution in [0.2, 0.25) is 0 Å². The summed E-state index contributed by atoms with van der Waals surface area (Å²) in [6.45, 7) is 6.47. The second-order valence-corrected chi connectivity index (χ2v) is 20.4. The number of esters is 3. The summed E-state index contributed by atoms with van der Waals surface area (Å²) < 4.78 is 16.9. The largest absolute Gasteiger partial charge is 0.462 e. The van der Waals surface area contributed by atoms with Crippen LogP contribution in [0.25, 0.3) is 0 Å². The topological polar surface area (TPSA) is 78.9 Å². The molecule has 0 spiro atoms. The van der Waals surface area contributed by atoms with Gasteiger partial charge in [0.2, 0.25) is 0 Å². The third-order valence-corrected chi connectivity index (χ3v) is 13.2. The Kier molecular flexibility index (Phi) is 58.3. The van der Waals surface area contributed by atoms with Crippen molar-refractivity contribution in [3.8, 4) is 0 Å². The van der Waals surface area contributed by atoms with Gasteiger partial charge in [0.05, 0.1) is 0 Å². The molecule has 1 unspecified atom stereocenters. The van der Waals surface area contributed by atoms with E-state index < -0.39 is 6.10 Å². The number of carbonyl (C=O) groups is 3. The van der Waals surface area contributed by atoms with Crippen LogP contribution in [-0.2, 0) is 28.6 Å². The summed E-state index contributed by atoms with van der Waals surface area (Å²) in [5, 5.41) is 0. The molecule has 6 heteroatoms. The number of allylic oxidation sites excluding steroid dienone is 18. The van der Waals surface area contributed by atoms with Crippen LogP contribution in [0.4, 0.5) is 0 Å². The zero-order chi connectivity index (χ0) is 53.6. The molecule has 0 saturated heterocycles. The molecule has 0 saturated carbocycles. The standard InChI is InChI=1S/C68H114O6/c1-4-7-10-13-16-19-22-25-28-31-34-37-40-43-46-49-52-55-58-61-67(70)73-64-65(63-72-66(69)60-57-54-51-48-45-42-39-36-33-30-27-24-21-18-15-12-9-6-3)74-68(71)62-59-56-53-50-47-44-41-38-35-32-29-26-23-20-17-14-11-8-5-2/h7,10,13,16,19,22,25,28,31-32,34-37,39-40,43,46,65H,4-6,8-9,11-12,14-15,17-18,20-21,23-24,26-27,29-30,33,38,41-42,44-45,47-64H2,1-3H3/b10-7-,16-13-,22-19-,28-25-,34-31+,35-32-,39-36-,40-37-,46-43-. The van der Waals surface area contributed by atoms with E-state index in [0.29, 0.717) is 19.3 Å². The molecule has 0 rings (SSSR count). The van der Waals surface area contributed by atoms with Crippen LogP contribution in [0.15, 0.2) is 109 Å². The maximum absolute atomic E-state index is 12.9. The van der Waals surface area contributed by atoms with Crippen molar-refractivity contribution < 1.29 is 28.6 Å². The average Bonchev–Trinajstić information content (AvgIpc) is 3.40. The van der Waals surface area contributed by atoms with Gasteiger partial charge in [-0.3, -0.25) is 14.4 Å². The van der Waals surface area contributed by atoms with Crippen molar-refractivity contribution in [1.29, 1.82) is 0 Å². The third kappa shape index (κ3) is 59.0. The molecular formula is C68H114O6. The summed E-state index contributed by atoms with van der Waals surface area (Å²) in [6.07, 6.45) is 83.7. The Bertz CT molecular complexity index is 1510. The fourth-order valence-corrected chi connectivity index (χ4v) is 8.53. The summed E-state index contributed by atoms with van der Waals surface area (Å²) in [5.74, 6) is -0.952. The first-order chi connectivity index (χ1) is 36.5. The van der Waals surface area contributed by atoms with Gasteiger partial charge in [-0.25, -0.2) is 0 Å². The van der Waals surface area contributed by atoms with E-state index in [1.807, 2.05) is 72.9 Å². The van der Waals surface area contributed by atoms with Crippen molar-refractivity contribution in [3.63, 3.8) is 0 Å². The molecule has 0 N–H and O–H groups in total. The van der Waals surface area contributed by atoms with E-state index in [1.54, 1.807) is 0 Å². The second kappa shape index (κ2) is 61.6. The lowest BCUT2D eigenvalue weighted by Gasteiger charge is -2.18. The predicted octanol–water partition coefficient (Wildman–Crippen LogP) is 21.0. The number of unbranched alkanes of at least 4 members (excludes halogenated alkanes) is 32. The molecule has 0 heterocycles. The van der Waals surface area contributed by atoms with Gasteiger partial charge >= 0.3 is 17.9 Å². The van der Waals surface area contributed by atoms with Crippen molar-refractivity contribution >= 4 is 17.9 Å². The molecule has 422 valence electrons. The second-order valence-electron chi connectivity index (χ2n) is 20.4. The molecule has 0 aromatic heterocycles. The lowest BCUT2D eigenvalue weighted by Crippen LogP contribution is -2.30. The molecule has 0 aliphatic heterocycles. The number of hydrogen-bond donors (Lipinski definition) is 0. The molecule has 6 nitrogen and oxygen atoms in total. The Hall–Kier alpha value is -3.93. The SMILES string of the molecule is CC\C=C/C=C\C=C/C=C\C=C\C=C/C=C\CCCCCC(=O)OCC(COC(=O)CCCCCCC/C=C\CCCCCCCCCCC)OC(=O)CCCCCCCCC/C=C\CCCCCCCCCC. The summed E-state index contributed by atoms with van der Waals surface area (Å²) in [5.41, 5.74) is 0. The number of hydrogen-bond acceptors (Lipinski definition) is 6. The third-order valence-electron chi connectivity index (χ3n) is 13.2. The average molecular weight is 1030 g/mol. The number of rotatable bonds is 55. The van der Waals surface area contributed by atoms with Crippen molar-refractivity contribution in [2.24, 2.45) is 0 Å². The zero-order valence-corrected chi connectivity index (χ0v) is 48.3. The number of carbonyl (C=O) groups excluding carboxylic acids is 3. The fraction of sp³-hybridized carbons (Fsp3) is 0.691. The summed E-state index contributed by atoms with van der Waals surface area (Å²) in [6, 6.07) is 0. The highest BCUT2D eigenvalue weighted by atomic mass is 16.6. The molecule has 0 aromatic rings. The molecule has 0 bridgehead atoms. The fourth-order valence-electron chi connectivity index (χ4n) is 8.53. The van der Waals surface area contributed by atoms with Gasteiger partial charge in [0.1, 0.15) is 13.2 Å². The quantitative estimate of drug-likeness (QED) is 0.0199. The van der Waals surface area contributed by atoms with E-state index >= 15 is 0 Å². The van der Waals surface area contributed by atoms with Gasteiger partial charge in [-0.2, -0.15) is 0 Å². The maximum atomic E-state index is 12.9. The molecule has 0 aliphatic rings. The summed E-state index contributed by atoms with van der Waals surface area (Å²) in [7, 11) is 0. The molecule has 0 amide bonds. The van der Waals surface area contributed by atoms with Gasteiger partial charge in [0.15, 0.2) is 6.10 Å². The minimum atomic E-state index is -0.806. The van der Waals surface area contributed by atoms with E-state index in [2.05, 4.69) is 57.2 Å².